The maximum atomic E-state index is 13.8. The van der Waals surface area contributed by atoms with E-state index >= 15 is 0 Å². The lowest BCUT2D eigenvalue weighted by atomic mass is 10.0. The molecule has 0 heterocycles. The van der Waals surface area contributed by atoms with Crippen LogP contribution in [0.3, 0.4) is 0 Å². The van der Waals surface area contributed by atoms with E-state index in [2.05, 4.69) is 5.32 Å². The zero-order valence-electron chi connectivity index (χ0n) is 22.4. The van der Waals surface area contributed by atoms with Crippen LogP contribution in [-0.2, 0) is 26.2 Å². The van der Waals surface area contributed by atoms with Crippen LogP contribution in [0.2, 0.25) is 0 Å². The van der Waals surface area contributed by atoms with Gasteiger partial charge in [0.25, 0.3) is 5.69 Å². The van der Waals surface area contributed by atoms with Gasteiger partial charge in [0.2, 0.25) is 21.8 Å². The average molecular weight is 533 g/mol. The molecule has 0 aromatic heterocycles. The standard InChI is InChI=1S/C26H36N4O6S/c1-8-22(25(32)27-26(4,5)6)28(16-20-12-10-9-11-18(20)2)24(31)17-29(37(7,35)36)23-15-21(30(33)34)14-13-19(23)3/h9-15,22H,8,16-17H2,1-7H3,(H,27,32)/t22-/m1/s1. The van der Waals surface area contributed by atoms with E-state index in [-0.39, 0.29) is 23.8 Å². The van der Waals surface area contributed by atoms with Crippen LogP contribution in [0.15, 0.2) is 42.5 Å². The SMILES string of the molecule is CC[C@H](C(=O)NC(C)(C)C)N(Cc1ccccc1C)C(=O)CN(c1cc([N+](=O)[O-])ccc1C)S(C)(=O)=O. The highest BCUT2D eigenvalue weighted by Crippen LogP contribution is 2.28. The number of nitrogens with one attached hydrogen (secondary N) is 1. The van der Waals surface area contributed by atoms with Crippen molar-refractivity contribution in [2.45, 2.75) is 66.1 Å². The summed E-state index contributed by atoms with van der Waals surface area (Å²) in [5.41, 5.74) is 1.38. The first-order valence-electron chi connectivity index (χ1n) is 11.9. The van der Waals surface area contributed by atoms with Crippen LogP contribution in [-0.4, -0.2) is 54.4 Å². The van der Waals surface area contributed by atoms with Gasteiger partial charge in [-0.3, -0.25) is 24.0 Å². The number of nitro benzene ring substituents is 1. The lowest BCUT2D eigenvalue weighted by molar-refractivity contribution is -0.384. The monoisotopic (exact) mass is 532 g/mol. The van der Waals surface area contributed by atoms with Gasteiger partial charge in [0, 0.05) is 24.2 Å². The molecule has 0 spiro atoms. The van der Waals surface area contributed by atoms with Crippen LogP contribution in [0, 0.1) is 24.0 Å². The minimum atomic E-state index is -4.01. The number of aryl methyl sites for hydroxylation is 2. The molecule has 1 N–H and O–H groups in total. The summed E-state index contributed by atoms with van der Waals surface area (Å²) in [5, 5.41) is 14.2. The van der Waals surface area contributed by atoms with Crippen LogP contribution in [0.25, 0.3) is 0 Å². The maximum Gasteiger partial charge on any atom is 0.271 e. The molecule has 0 fully saturated rings. The first-order valence-corrected chi connectivity index (χ1v) is 13.8. The number of carbonyl (C=O) groups excluding carboxylic acids is 2. The van der Waals surface area contributed by atoms with E-state index in [4.69, 9.17) is 0 Å². The number of hydrogen-bond donors (Lipinski definition) is 1. The number of nitro groups is 1. The Morgan fingerprint density at radius 3 is 2.22 bits per heavy atom. The molecule has 0 bridgehead atoms. The van der Waals surface area contributed by atoms with Gasteiger partial charge < -0.3 is 10.2 Å². The number of sulfonamides is 1. The predicted octanol–water partition coefficient (Wildman–Crippen LogP) is 3.70. The highest BCUT2D eigenvalue weighted by Gasteiger charge is 2.33. The zero-order valence-corrected chi connectivity index (χ0v) is 23.3. The Bertz CT molecular complexity index is 1270. The summed E-state index contributed by atoms with van der Waals surface area (Å²) in [7, 11) is -4.01. The quantitative estimate of drug-likeness (QED) is 0.367. The van der Waals surface area contributed by atoms with Gasteiger partial charge in [-0.2, -0.15) is 0 Å². The van der Waals surface area contributed by atoms with E-state index in [0.29, 0.717) is 12.0 Å². The van der Waals surface area contributed by atoms with Crippen molar-refractivity contribution >= 4 is 33.2 Å². The van der Waals surface area contributed by atoms with Crippen molar-refractivity contribution in [3.05, 3.63) is 69.3 Å². The maximum absolute atomic E-state index is 13.8. The topological polar surface area (TPSA) is 130 Å². The van der Waals surface area contributed by atoms with Crippen molar-refractivity contribution in [1.82, 2.24) is 10.2 Å². The Labute approximate surface area is 218 Å². The first kappa shape index (κ1) is 29.8. The third-order valence-electron chi connectivity index (χ3n) is 5.84. The van der Waals surface area contributed by atoms with Crippen LogP contribution in [0.4, 0.5) is 11.4 Å². The molecular formula is C26H36N4O6S. The molecule has 2 amide bonds. The number of carbonyl (C=O) groups is 2. The normalized spacial score (nSPS) is 12.5. The lowest BCUT2D eigenvalue weighted by Gasteiger charge is -2.35. The number of rotatable bonds is 10. The van der Waals surface area contributed by atoms with Gasteiger partial charge in [-0.05, 0) is 57.7 Å². The van der Waals surface area contributed by atoms with Crippen molar-refractivity contribution in [3.63, 3.8) is 0 Å². The summed E-state index contributed by atoms with van der Waals surface area (Å²) >= 11 is 0. The van der Waals surface area contributed by atoms with E-state index in [9.17, 15) is 28.1 Å². The largest absolute Gasteiger partial charge is 0.350 e. The Morgan fingerprint density at radius 1 is 1.08 bits per heavy atom. The second-order valence-corrected chi connectivity index (χ2v) is 12.0. The zero-order chi connectivity index (χ0) is 28.1. The molecule has 0 aliphatic rings. The number of non-ortho nitro benzene ring substituents is 1. The van der Waals surface area contributed by atoms with Crippen LogP contribution < -0.4 is 9.62 Å². The number of nitrogens with zero attached hydrogens (tertiary/aromatic N) is 3. The van der Waals surface area contributed by atoms with Crippen molar-refractivity contribution in [1.29, 1.82) is 0 Å². The van der Waals surface area contributed by atoms with Crippen LogP contribution >= 0.6 is 0 Å². The van der Waals surface area contributed by atoms with Gasteiger partial charge in [0.1, 0.15) is 12.6 Å². The molecule has 2 aromatic rings. The molecule has 2 aromatic carbocycles. The van der Waals surface area contributed by atoms with Gasteiger partial charge in [-0.25, -0.2) is 8.42 Å². The first-order chi connectivity index (χ1) is 17.0. The molecule has 11 heteroatoms. The van der Waals surface area contributed by atoms with Crippen molar-refractivity contribution < 1.29 is 22.9 Å². The molecule has 1 atom stereocenters. The molecule has 10 nitrogen and oxygen atoms in total. The average Bonchev–Trinajstić information content (AvgIpc) is 2.77. The third kappa shape index (κ3) is 8.01. The fraction of sp³-hybridized carbons (Fsp3) is 0.462. The van der Waals surface area contributed by atoms with Crippen molar-refractivity contribution in [3.8, 4) is 0 Å². The molecule has 0 aliphatic heterocycles. The highest BCUT2D eigenvalue weighted by atomic mass is 32.2. The summed E-state index contributed by atoms with van der Waals surface area (Å²) in [6.07, 6.45) is 1.24. The Kier molecular flexibility index (Phi) is 9.43. The fourth-order valence-electron chi connectivity index (χ4n) is 3.92. The van der Waals surface area contributed by atoms with Gasteiger partial charge >= 0.3 is 0 Å². The molecule has 37 heavy (non-hydrogen) atoms. The lowest BCUT2D eigenvalue weighted by Crippen LogP contribution is -2.55. The van der Waals surface area contributed by atoms with Crippen molar-refractivity contribution in [2.75, 3.05) is 17.1 Å². The van der Waals surface area contributed by atoms with E-state index in [1.54, 1.807) is 13.8 Å². The Hall–Kier alpha value is -3.47. The van der Waals surface area contributed by atoms with Crippen LogP contribution in [0.1, 0.15) is 50.8 Å². The molecule has 0 saturated carbocycles. The van der Waals surface area contributed by atoms with Crippen LogP contribution in [0.5, 0.6) is 0 Å². The molecule has 0 saturated heterocycles. The molecular weight excluding hydrogens is 496 g/mol. The Balaban J connectivity index is 2.56. The minimum Gasteiger partial charge on any atom is -0.350 e. The van der Waals surface area contributed by atoms with E-state index in [0.717, 1.165) is 27.8 Å². The molecule has 0 aliphatic carbocycles. The summed E-state index contributed by atoms with van der Waals surface area (Å²) < 4.78 is 26.5. The second-order valence-electron chi connectivity index (χ2n) is 10.1. The minimum absolute atomic E-state index is 0.0353. The summed E-state index contributed by atoms with van der Waals surface area (Å²) in [4.78, 5) is 39.1. The third-order valence-corrected chi connectivity index (χ3v) is 6.96. The summed E-state index contributed by atoms with van der Waals surface area (Å²) in [6, 6.07) is 10.4. The number of anilines is 1. The van der Waals surface area contributed by atoms with E-state index < -0.39 is 39.0 Å². The van der Waals surface area contributed by atoms with Gasteiger partial charge in [-0.15, -0.1) is 0 Å². The van der Waals surface area contributed by atoms with Gasteiger partial charge in [0.05, 0.1) is 16.9 Å². The fourth-order valence-corrected chi connectivity index (χ4v) is 4.82. The summed E-state index contributed by atoms with van der Waals surface area (Å²) in [5.74, 6) is -0.954. The molecule has 0 radical (unpaired) electrons. The second kappa shape index (κ2) is 11.7. The van der Waals surface area contributed by atoms with Gasteiger partial charge in [-0.1, -0.05) is 37.3 Å². The highest BCUT2D eigenvalue weighted by molar-refractivity contribution is 7.92. The van der Waals surface area contributed by atoms with Crippen molar-refractivity contribution in [2.24, 2.45) is 0 Å². The Morgan fingerprint density at radius 2 is 1.70 bits per heavy atom. The van der Waals surface area contributed by atoms with Gasteiger partial charge in [0.15, 0.2) is 0 Å². The summed E-state index contributed by atoms with van der Waals surface area (Å²) in [6.45, 7) is 10.3. The van der Waals surface area contributed by atoms with E-state index in [1.165, 1.54) is 17.0 Å². The number of hydrogen-bond acceptors (Lipinski definition) is 6. The molecule has 0 unspecified atom stereocenters. The molecule has 2 rings (SSSR count). The predicted molar refractivity (Wildman–Crippen MR) is 144 cm³/mol. The smallest absolute Gasteiger partial charge is 0.271 e. The van der Waals surface area contributed by atoms with E-state index in [1.807, 2.05) is 52.0 Å². The number of benzene rings is 2. The molecule has 202 valence electrons. The number of amides is 2.